The number of hydrogen-bond donors (Lipinski definition) is 2. The van der Waals surface area contributed by atoms with Crippen molar-refractivity contribution >= 4 is 11.6 Å². The molecule has 0 aliphatic carbocycles. The fourth-order valence-electron chi connectivity index (χ4n) is 2.71. The molecule has 1 aliphatic rings. The van der Waals surface area contributed by atoms with Gasteiger partial charge in [-0.2, -0.15) is 0 Å². The fourth-order valence-corrected chi connectivity index (χ4v) is 2.71. The zero-order valence-electron chi connectivity index (χ0n) is 14.4. The highest BCUT2D eigenvalue weighted by Crippen LogP contribution is 2.32. The van der Waals surface area contributed by atoms with Crippen LogP contribution in [0.25, 0.3) is 0 Å². The number of methoxy groups -OCH3 is 1. The first-order valence-electron chi connectivity index (χ1n) is 8.28. The molecule has 1 heterocycles. The molecule has 1 unspecified atom stereocenters. The lowest BCUT2D eigenvalue weighted by Gasteiger charge is -2.28. The second kappa shape index (κ2) is 7.90. The number of hydrogen-bond acceptors (Lipinski definition) is 5. The lowest BCUT2D eigenvalue weighted by molar-refractivity contribution is 0.0935. The van der Waals surface area contributed by atoms with E-state index < -0.39 is 0 Å². The first-order chi connectivity index (χ1) is 12.2. The average Bonchev–Trinajstić information content (AvgIpc) is 2.65. The number of fused-ring (bicyclic) bond motifs is 1. The molecule has 2 aromatic carbocycles. The quantitative estimate of drug-likeness (QED) is 0.757. The summed E-state index contributed by atoms with van der Waals surface area (Å²) in [7, 11) is 1.59. The van der Waals surface area contributed by atoms with E-state index in [1.165, 1.54) is 0 Å². The van der Waals surface area contributed by atoms with E-state index in [2.05, 4.69) is 10.6 Å². The van der Waals surface area contributed by atoms with Gasteiger partial charge in [0, 0.05) is 12.3 Å². The maximum Gasteiger partial charge on any atom is 0.255 e. The second-order valence-corrected chi connectivity index (χ2v) is 5.55. The Morgan fingerprint density at radius 1 is 1.04 bits per heavy atom. The normalized spacial score (nSPS) is 15.8. The van der Waals surface area contributed by atoms with Crippen molar-refractivity contribution in [1.82, 2.24) is 5.32 Å². The number of carbonyl (C=O) groups is 1. The first-order valence-corrected chi connectivity index (χ1v) is 8.28. The van der Waals surface area contributed by atoms with Crippen molar-refractivity contribution < 1.29 is 19.0 Å². The molecule has 1 aliphatic heterocycles. The minimum absolute atomic E-state index is 0.102. The Labute approximate surface area is 147 Å². The number of ether oxygens (including phenoxy) is 3. The van der Waals surface area contributed by atoms with Gasteiger partial charge in [-0.25, -0.2) is 0 Å². The summed E-state index contributed by atoms with van der Waals surface area (Å²) in [6.07, 6.45) is -0.325. The van der Waals surface area contributed by atoms with Crippen LogP contribution in [-0.4, -0.2) is 32.8 Å². The molecule has 1 atom stereocenters. The summed E-state index contributed by atoms with van der Waals surface area (Å²) in [6, 6.07) is 13.0. The summed E-state index contributed by atoms with van der Waals surface area (Å²) >= 11 is 0. The lowest BCUT2D eigenvalue weighted by atomic mass is 10.1. The first kappa shape index (κ1) is 17.1. The van der Waals surface area contributed by atoms with Gasteiger partial charge in [-0.15, -0.1) is 0 Å². The topological polar surface area (TPSA) is 68.8 Å². The number of rotatable bonds is 7. The zero-order chi connectivity index (χ0) is 17.6. The standard InChI is InChI=1S/C19H22N2O4/c1-3-24-10-11-25-16-9-8-13(12-17(16)23-2)18-20-15-7-5-4-6-14(15)19(22)21-18/h4-9,12,18,20H,3,10-11H2,1-2H3,(H,21,22). The summed E-state index contributed by atoms with van der Waals surface area (Å²) in [5.41, 5.74) is 2.34. The Hall–Kier alpha value is -2.73. The van der Waals surface area contributed by atoms with Crippen LogP contribution in [0.2, 0.25) is 0 Å². The summed E-state index contributed by atoms with van der Waals surface area (Å²) < 4.78 is 16.4. The van der Waals surface area contributed by atoms with Crippen molar-refractivity contribution in [1.29, 1.82) is 0 Å². The van der Waals surface area contributed by atoms with Crippen molar-refractivity contribution in [3.8, 4) is 11.5 Å². The van der Waals surface area contributed by atoms with Crippen LogP contribution in [0.15, 0.2) is 42.5 Å². The fraction of sp³-hybridized carbons (Fsp3) is 0.316. The molecule has 0 saturated carbocycles. The monoisotopic (exact) mass is 342 g/mol. The molecule has 0 fully saturated rings. The number of para-hydroxylation sites is 1. The molecular weight excluding hydrogens is 320 g/mol. The second-order valence-electron chi connectivity index (χ2n) is 5.55. The molecule has 0 aromatic heterocycles. The van der Waals surface area contributed by atoms with Gasteiger partial charge in [0.05, 0.1) is 19.3 Å². The molecule has 6 heteroatoms. The predicted molar refractivity (Wildman–Crippen MR) is 95.3 cm³/mol. The van der Waals surface area contributed by atoms with Crippen LogP contribution < -0.4 is 20.1 Å². The predicted octanol–water partition coefficient (Wildman–Crippen LogP) is 2.96. The SMILES string of the molecule is CCOCCOc1ccc(C2NC(=O)c3ccccc3N2)cc1OC. The van der Waals surface area contributed by atoms with Crippen molar-refractivity contribution in [3.63, 3.8) is 0 Å². The van der Waals surface area contributed by atoms with Crippen LogP contribution in [-0.2, 0) is 4.74 Å². The maximum atomic E-state index is 12.3. The summed E-state index contributed by atoms with van der Waals surface area (Å²) in [5.74, 6) is 1.16. The van der Waals surface area contributed by atoms with E-state index in [9.17, 15) is 4.79 Å². The highest BCUT2D eigenvalue weighted by molar-refractivity contribution is 6.01. The Bertz CT molecular complexity index is 748. The van der Waals surface area contributed by atoms with Gasteiger partial charge >= 0.3 is 0 Å². The Kier molecular flexibility index (Phi) is 5.40. The molecule has 132 valence electrons. The third kappa shape index (κ3) is 3.85. The molecule has 2 aromatic rings. The van der Waals surface area contributed by atoms with E-state index >= 15 is 0 Å². The van der Waals surface area contributed by atoms with Gasteiger partial charge in [0.15, 0.2) is 11.5 Å². The van der Waals surface area contributed by atoms with Gasteiger partial charge in [-0.3, -0.25) is 4.79 Å². The van der Waals surface area contributed by atoms with Crippen LogP contribution in [0, 0.1) is 0 Å². The number of amides is 1. The van der Waals surface area contributed by atoms with Gasteiger partial charge in [0.2, 0.25) is 0 Å². The highest BCUT2D eigenvalue weighted by Gasteiger charge is 2.24. The third-order valence-corrected chi connectivity index (χ3v) is 3.96. The van der Waals surface area contributed by atoms with Gasteiger partial charge < -0.3 is 24.8 Å². The van der Waals surface area contributed by atoms with E-state index in [0.717, 1.165) is 11.3 Å². The molecule has 1 amide bonds. The molecule has 3 rings (SSSR count). The summed E-state index contributed by atoms with van der Waals surface area (Å²) in [4.78, 5) is 12.3. The Balaban J connectivity index is 1.76. The van der Waals surface area contributed by atoms with Crippen molar-refractivity contribution in [2.45, 2.75) is 13.1 Å². The smallest absolute Gasteiger partial charge is 0.255 e. The van der Waals surface area contributed by atoms with Crippen LogP contribution in [0.1, 0.15) is 29.0 Å². The summed E-state index contributed by atoms with van der Waals surface area (Å²) in [5, 5.41) is 6.28. The average molecular weight is 342 g/mol. The van der Waals surface area contributed by atoms with E-state index in [0.29, 0.717) is 36.9 Å². The number of nitrogens with one attached hydrogen (secondary N) is 2. The minimum atomic E-state index is -0.325. The molecule has 25 heavy (non-hydrogen) atoms. The highest BCUT2D eigenvalue weighted by atomic mass is 16.5. The van der Waals surface area contributed by atoms with Gasteiger partial charge in [0.25, 0.3) is 5.91 Å². The van der Waals surface area contributed by atoms with Crippen molar-refractivity contribution in [3.05, 3.63) is 53.6 Å². The van der Waals surface area contributed by atoms with E-state index in [4.69, 9.17) is 14.2 Å². The lowest BCUT2D eigenvalue weighted by Crippen LogP contribution is -2.38. The van der Waals surface area contributed by atoms with Gasteiger partial charge in [-0.1, -0.05) is 18.2 Å². The maximum absolute atomic E-state index is 12.3. The van der Waals surface area contributed by atoms with Gasteiger partial charge in [-0.05, 0) is 36.8 Å². The number of carbonyl (C=O) groups excluding carboxylic acids is 1. The van der Waals surface area contributed by atoms with E-state index in [1.807, 2.05) is 43.3 Å². The van der Waals surface area contributed by atoms with Crippen LogP contribution in [0.5, 0.6) is 11.5 Å². The van der Waals surface area contributed by atoms with Crippen molar-refractivity contribution in [2.24, 2.45) is 0 Å². The van der Waals surface area contributed by atoms with Crippen LogP contribution >= 0.6 is 0 Å². The Morgan fingerprint density at radius 2 is 1.88 bits per heavy atom. The van der Waals surface area contributed by atoms with E-state index in [-0.39, 0.29) is 12.1 Å². The summed E-state index contributed by atoms with van der Waals surface area (Å²) in [6.45, 7) is 3.58. The molecule has 2 N–H and O–H groups in total. The molecule has 0 spiro atoms. The van der Waals surface area contributed by atoms with Crippen LogP contribution in [0.4, 0.5) is 5.69 Å². The number of benzene rings is 2. The largest absolute Gasteiger partial charge is 0.493 e. The molecule has 0 radical (unpaired) electrons. The zero-order valence-corrected chi connectivity index (χ0v) is 14.4. The minimum Gasteiger partial charge on any atom is -0.493 e. The molecule has 6 nitrogen and oxygen atoms in total. The number of anilines is 1. The van der Waals surface area contributed by atoms with E-state index in [1.54, 1.807) is 13.2 Å². The Morgan fingerprint density at radius 3 is 2.68 bits per heavy atom. The molecule has 0 saturated heterocycles. The molecule has 0 bridgehead atoms. The van der Waals surface area contributed by atoms with Crippen molar-refractivity contribution in [2.75, 3.05) is 32.2 Å². The van der Waals surface area contributed by atoms with Crippen LogP contribution in [0.3, 0.4) is 0 Å². The molecular formula is C19H22N2O4. The third-order valence-electron chi connectivity index (χ3n) is 3.96. The van der Waals surface area contributed by atoms with Gasteiger partial charge in [0.1, 0.15) is 12.8 Å².